The van der Waals surface area contributed by atoms with Gasteiger partial charge in [-0.15, -0.1) is 0 Å². The van der Waals surface area contributed by atoms with Gasteiger partial charge in [-0.05, 0) is 28.4 Å². The van der Waals surface area contributed by atoms with Crippen LogP contribution in [-0.4, -0.2) is 24.7 Å². The molecule has 1 atom stereocenters. The third-order valence-corrected chi connectivity index (χ3v) is 3.57. The molecule has 0 saturated carbocycles. The maximum absolute atomic E-state index is 12.6. The Morgan fingerprint density at radius 1 is 1.59 bits per heavy atom. The average Bonchev–Trinajstić information content (AvgIpc) is 2.80. The van der Waals surface area contributed by atoms with Gasteiger partial charge in [0.15, 0.2) is 0 Å². The maximum Gasteiger partial charge on any atom is 0.265 e. The summed E-state index contributed by atoms with van der Waals surface area (Å²) in [4.78, 5) is 4.05. The van der Waals surface area contributed by atoms with Crippen LogP contribution in [0.2, 0.25) is 0 Å². The van der Waals surface area contributed by atoms with Crippen LogP contribution in [0.5, 0.6) is 0 Å². The van der Waals surface area contributed by atoms with E-state index in [-0.39, 0.29) is 5.56 Å². The monoisotopic (exact) mass is 306 g/mol. The van der Waals surface area contributed by atoms with Gasteiger partial charge in [0.25, 0.3) is 6.43 Å². The number of alkyl halides is 2. The highest BCUT2D eigenvalue weighted by Crippen LogP contribution is 2.31. The number of halogens is 3. The van der Waals surface area contributed by atoms with Gasteiger partial charge < -0.3 is 10.1 Å². The van der Waals surface area contributed by atoms with Crippen LogP contribution in [0, 0.1) is 5.92 Å². The summed E-state index contributed by atoms with van der Waals surface area (Å²) < 4.78 is 30.9. The first-order valence-corrected chi connectivity index (χ1v) is 6.22. The summed E-state index contributed by atoms with van der Waals surface area (Å²) in [5, 5.41) is 3.08. The van der Waals surface area contributed by atoms with Crippen LogP contribution in [0.3, 0.4) is 0 Å². The summed E-state index contributed by atoms with van der Waals surface area (Å²) in [7, 11) is 0. The Bertz CT molecular complexity index is 384. The van der Waals surface area contributed by atoms with E-state index in [9.17, 15) is 8.78 Å². The van der Waals surface area contributed by atoms with Crippen LogP contribution in [0.1, 0.15) is 18.4 Å². The van der Waals surface area contributed by atoms with Crippen LogP contribution in [-0.2, 0) is 4.74 Å². The third kappa shape index (κ3) is 3.13. The molecule has 1 fully saturated rings. The number of hydrogen-bond acceptors (Lipinski definition) is 3. The van der Waals surface area contributed by atoms with Gasteiger partial charge in [-0.25, -0.2) is 13.8 Å². The lowest BCUT2D eigenvalue weighted by atomic mass is 10.1. The molecule has 1 aromatic rings. The molecule has 17 heavy (non-hydrogen) atoms. The van der Waals surface area contributed by atoms with E-state index in [4.69, 9.17) is 4.74 Å². The summed E-state index contributed by atoms with van der Waals surface area (Å²) in [6.07, 6.45) is -0.110. The van der Waals surface area contributed by atoms with Gasteiger partial charge in [-0.3, -0.25) is 0 Å². The number of aromatic nitrogens is 1. The van der Waals surface area contributed by atoms with Crippen molar-refractivity contribution in [3.05, 3.63) is 22.3 Å². The molecular formula is C11H13BrF2N2O. The number of nitrogens with zero attached hydrogens (tertiary/aromatic N) is 1. The molecule has 1 N–H and O–H groups in total. The van der Waals surface area contributed by atoms with Gasteiger partial charge in [0.05, 0.1) is 11.1 Å². The second-order valence-corrected chi connectivity index (χ2v) is 4.77. The highest BCUT2D eigenvalue weighted by Gasteiger charge is 2.18. The molecule has 1 aromatic heterocycles. The zero-order valence-electron chi connectivity index (χ0n) is 9.13. The Kier molecular flexibility index (Phi) is 4.28. The normalized spacial score (nSPS) is 19.9. The van der Waals surface area contributed by atoms with Crippen LogP contribution in [0.4, 0.5) is 14.6 Å². The summed E-state index contributed by atoms with van der Waals surface area (Å²) in [5.74, 6) is 0.897. The Hall–Kier alpha value is -0.750. The minimum Gasteiger partial charge on any atom is -0.381 e. The fraction of sp³-hybridized carbons (Fsp3) is 0.545. The predicted octanol–water partition coefficient (Wildman–Crippen LogP) is 3.23. The maximum atomic E-state index is 12.6. The molecule has 3 nitrogen and oxygen atoms in total. The standard InChI is InChI=1S/C11H13BrF2N2O/c12-9-8(10(13)14)1-3-15-11(9)16-5-7-2-4-17-6-7/h1,3,7,10H,2,4-6H2,(H,15,16). The molecule has 0 aliphatic carbocycles. The SMILES string of the molecule is FC(F)c1ccnc(NCC2CCOC2)c1Br. The van der Waals surface area contributed by atoms with Crippen LogP contribution in [0.25, 0.3) is 0 Å². The molecule has 0 bridgehead atoms. The number of hydrogen-bond donors (Lipinski definition) is 1. The average molecular weight is 307 g/mol. The van der Waals surface area contributed by atoms with Gasteiger partial charge >= 0.3 is 0 Å². The van der Waals surface area contributed by atoms with Crippen molar-refractivity contribution in [1.82, 2.24) is 4.98 Å². The summed E-state index contributed by atoms with van der Waals surface area (Å²) in [5.41, 5.74) is -0.0369. The second kappa shape index (κ2) is 5.73. The van der Waals surface area contributed by atoms with Crippen molar-refractivity contribution in [1.29, 1.82) is 0 Å². The first kappa shape index (κ1) is 12.7. The zero-order chi connectivity index (χ0) is 12.3. The number of nitrogens with one attached hydrogen (secondary N) is 1. The number of rotatable bonds is 4. The first-order valence-electron chi connectivity index (χ1n) is 5.42. The van der Waals surface area contributed by atoms with E-state index in [0.717, 1.165) is 19.6 Å². The number of ether oxygens (including phenoxy) is 1. The minimum atomic E-state index is -2.50. The van der Waals surface area contributed by atoms with Gasteiger partial charge in [-0.1, -0.05) is 0 Å². The van der Waals surface area contributed by atoms with Crippen molar-refractivity contribution >= 4 is 21.7 Å². The molecular weight excluding hydrogens is 294 g/mol. The fourth-order valence-corrected chi connectivity index (χ4v) is 2.28. The lowest BCUT2D eigenvalue weighted by molar-refractivity contribution is 0.150. The van der Waals surface area contributed by atoms with Crippen molar-refractivity contribution < 1.29 is 13.5 Å². The van der Waals surface area contributed by atoms with Crippen molar-refractivity contribution in [2.45, 2.75) is 12.8 Å². The van der Waals surface area contributed by atoms with Gasteiger partial charge in [-0.2, -0.15) is 0 Å². The molecule has 1 aliphatic rings. The predicted molar refractivity (Wildman–Crippen MR) is 64.3 cm³/mol. The van der Waals surface area contributed by atoms with Gasteiger partial charge in [0, 0.05) is 30.8 Å². The van der Waals surface area contributed by atoms with Gasteiger partial charge in [0.2, 0.25) is 0 Å². The molecule has 1 aliphatic heterocycles. The lowest BCUT2D eigenvalue weighted by Crippen LogP contribution is -2.15. The van der Waals surface area contributed by atoms with Crippen molar-refractivity contribution in [3.63, 3.8) is 0 Å². The van der Waals surface area contributed by atoms with Crippen molar-refractivity contribution in [2.75, 3.05) is 25.1 Å². The highest BCUT2D eigenvalue weighted by molar-refractivity contribution is 9.10. The molecule has 0 aromatic carbocycles. The van der Waals surface area contributed by atoms with E-state index in [1.165, 1.54) is 12.3 Å². The number of pyridine rings is 1. The summed E-state index contributed by atoms with van der Waals surface area (Å²) in [6.45, 7) is 2.19. The molecule has 0 radical (unpaired) electrons. The van der Waals surface area contributed by atoms with Crippen LogP contribution >= 0.6 is 15.9 Å². The van der Waals surface area contributed by atoms with Crippen molar-refractivity contribution in [3.8, 4) is 0 Å². The Morgan fingerprint density at radius 3 is 3.06 bits per heavy atom. The molecule has 6 heteroatoms. The molecule has 2 rings (SSSR count). The highest BCUT2D eigenvalue weighted by atomic mass is 79.9. The van der Waals surface area contributed by atoms with E-state index in [1.807, 2.05) is 0 Å². The third-order valence-electron chi connectivity index (χ3n) is 2.74. The van der Waals surface area contributed by atoms with Gasteiger partial charge in [0.1, 0.15) is 5.82 Å². The molecule has 2 heterocycles. The molecule has 1 unspecified atom stereocenters. The Balaban J connectivity index is 2.02. The Labute approximate surface area is 107 Å². The van der Waals surface area contributed by atoms with E-state index < -0.39 is 6.43 Å². The minimum absolute atomic E-state index is 0.0369. The molecule has 94 valence electrons. The Morgan fingerprint density at radius 2 is 2.41 bits per heavy atom. The van der Waals surface area contributed by atoms with Crippen molar-refractivity contribution in [2.24, 2.45) is 5.92 Å². The molecule has 1 saturated heterocycles. The largest absolute Gasteiger partial charge is 0.381 e. The van der Waals surface area contributed by atoms with E-state index in [1.54, 1.807) is 0 Å². The fourth-order valence-electron chi connectivity index (χ4n) is 1.74. The molecule has 0 spiro atoms. The number of anilines is 1. The quantitative estimate of drug-likeness (QED) is 0.927. The van der Waals surface area contributed by atoms with Crippen LogP contribution < -0.4 is 5.32 Å². The first-order chi connectivity index (χ1) is 8.18. The summed E-state index contributed by atoms with van der Waals surface area (Å²) in [6, 6.07) is 1.32. The second-order valence-electron chi connectivity index (χ2n) is 3.97. The smallest absolute Gasteiger partial charge is 0.265 e. The van der Waals surface area contributed by atoms with E-state index in [2.05, 4.69) is 26.2 Å². The zero-order valence-corrected chi connectivity index (χ0v) is 10.7. The topological polar surface area (TPSA) is 34.2 Å². The lowest BCUT2D eigenvalue weighted by Gasteiger charge is -2.13. The van der Waals surface area contributed by atoms with E-state index >= 15 is 0 Å². The summed E-state index contributed by atoms with van der Waals surface area (Å²) >= 11 is 3.16. The van der Waals surface area contributed by atoms with E-state index in [0.29, 0.717) is 22.8 Å². The van der Waals surface area contributed by atoms with Crippen LogP contribution in [0.15, 0.2) is 16.7 Å². The molecule has 0 amide bonds.